The summed E-state index contributed by atoms with van der Waals surface area (Å²) in [5.41, 5.74) is 0. The van der Waals surface area contributed by atoms with Crippen LogP contribution in [-0.4, -0.2) is 50.3 Å². The van der Waals surface area contributed by atoms with Crippen molar-refractivity contribution in [3.05, 3.63) is 24.3 Å². The largest absolute Gasteiger partial charge is 0.497 e. The fourth-order valence-corrected chi connectivity index (χ4v) is 3.16. The van der Waals surface area contributed by atoms with Crippen LogP contribution in [0, 0.1) is 5.92 Å². The Balaban J connectivity index is 1.48. The fourth-order valence-electron chi connectivity index (χ4n) is 3.16. The van der Waals surface area contributed by atoms with Gasteiger partial charge in [0, 0.05) is 31.7 Å². The summed E-state index contributed by atoms with van der Waals surface area (Å²) in [7, 11) is 1.68. The van der Waals surface area contributed by atoms with E-state index in [9.17, 15) is 0 Å². The van der Waals surface area contributed by atoms with Gasteiger partial charge in [0.25, 0.3) is 0 Å². The Hall–Kier alpha value is -1.26. The van der Waals surface area contributed by atoms with Crippen LogP contribution < -0.4 is 14.8 Å². The second-order valence-electron chi connectivity index (χ2n) is 6.23. The molecule has 0 radical (unpaired) electrons. The van der Waals surface area contributed by atoms with E-state index in [0.29, 0.717) is 12.1 Å². The van der Waals surface area contributed by atoms with Crippen molar-refractivity contribution in [2.24, 2.45) is 5.92 Å². The van der Waals surface area contributed by atoms with E-state index in [4.69, 9.17) is 9.47 Å². The normalized spacial score (nSPS) is 26.6. The Kier molecular flexibility index (Phi) is 4.66. The van der Waals surface area contributed by atoms with E-state index in [2.05, 4.69) is 17.1 Å². The van der Waals surface area contributed by atoms with Gasteiger partial charge in [0.05, 0.1) is 7.11 Å². The molecule has 2 fully saturated rings. The summed E-state index contributed by atoms with van der Waals surface area (Å²) in [5.74, 6) is 2.69. The van der Waals surface area contributed by atoms with Crippen molar-refractivity contribution >= 4 is 0 Å². The summed E-state index contributed by atoms with van der Waals surface area (Å²) in [4.78, 5) is 2.61. The zero-order valence-corrected chi connectivity index (χ0v) is 13.0. The predicted octanol–water partition coefficient (Wildman–Crippen LogP) is 2.15. The van der Waals surface area contributed by atoms with Gasteiger partial charge < -0.3 is 14.8 Å². The fraction of sp³-hybridized carbons (Fsp3) is 0.647. The van der Waals surface area contributed by atoms with Crippen LogP contribution in [0.4, 0.5) is 0 Å². The van der Waals surface area contributed by atoms with E-state index >= 15 is 0 Å². The molecule has 0 amide bonds. The second-order valence-corrected chi connectivity index (χ2v) is 6.23. The number of hydrogen-bond donors (Lipinski definition) is 1. The third kappa shape index (κ3) is 3.89. The Morgan fingerprint density at radius 2 is 1.90 bits per heavy atom. The van der Waals surface area contributed by atoms with E-state index < -0.39 is 0 Å². The molecular weight excluding hydrogens is 264 g/mol. The van der Waals surface area contributed by atoms with Gasteiger partial charge in [0.1, 0.15) is 18.1 Å². The highest BCUT2D eigenvalue weighted by atomic mass is 16.5. The Morgan fingerprint density at radius 1 is 1.19 bits per heavy atom. The van der Waals surface area contributed by atoms with Gasteiger partial charge in [-0.05, 0) is 49.9 Å². The van der Waals surface area contributed by atoms with Crippen molar-refractivity contribution in [2.75, 3.05) is 33.4 Å². The molecule has 116 valence electrons. The van der Waals surface area contributed by atoms with Gasteiger partial charge in [-0.1, -0.05) is 0 Å². The van der Waals surface area contributed by atoms with Gasteiger partial charge in [-0.25, -0.2) is 0 Å². The first-order chi connectivity index (χ1) is 10.3. The van der Waals surface area contributed by atoms with Gasteiger partial charge in [-0.3, -0.25) is 4.90 Å². The highest BCUT2D eigenvalue weighted by molar-refractivity contribution is 5.31. The van der Waals surface area contributed by atoms with Crippen LogP contribution in [0.3, 0.4) is 0 Å². The first kappa shape index (κ1) is 14.7. The molecule has 1 aromatic rings. The molecule has 4 heteroatoms. The Labute approximate surface area is 127 Å². The number of rotatable bonds is 6. The minimum absolute atomic E-state index is 0.584. The molecule has 1 heterocycles. The van der Waals surface area contributed by atoms with Gasteiger partial charge in [0.15, 0.2) is 0 Å². The van der Waals surface area contributed by atoms with Crippen LogP contribution >= 0.6 is 0 Å². The van der Waals surface area contributed by atoms with Gasteiger partial charge >= 0.3 is 0 Å². The number of hydrogen-bond acceptors (Lipinski definition) is 4. The van der Waals surface area contributed by atoms with E-state index in [1.165, 1.54) is 12.8 Å². The standard InChI is InChI=1S/C17H26N2O2/c1-13-12-19(17(11-18-13)14-3-4-14)9-10-21-16-7-5-15(20-2)6-8-16/h5-8,13-14,17-18H,3-4,9-12H2,1-2H3. The molecule has 2 aliphatic rings. The highest BCUT2D eigenvalue weighted by Crippen LogP contribution is 2.36. The molecule has 1 aliphatic heterocycles. The molecule has 1 aliphatic carbocycles. The van der Waals surface area contributed by atoms with Crippen LogP contribution in [0.1, 0.15) is 19.8 Å². The monoisotopic (exact) mass is 290 g/mol. The van der Waals surface area contributed by atoms with E-state index in [1.54, 1.807) is 7.11 Å². The maximum atomic E-state index is 5.87. The molecule has 4 nitrogen and oxygen atoms in total. The lowest BCUT2D eigenvalue weighted by molar-refractivity contribution is 0.100. The molecule has 1 aromatic carbocycles. The molecule has 1 saturated carbocycles. The van der Waals surface area contributed by atoms with Crippen LogP contribution in [0.5, 0.6) is 11.5 Å². The lowest BCUT2D eigenvalue weighted by Gasteiger charge is -2.39. The Bertz CT molecular complexity index is 445. The van der Waals surface area contributed by atoms with Crippen molar-refractivity contribution in [2.45, 2.75) is 31.8 Å². The second kappa shape index (κ2) is 6.67. The molecular formula is C17H26N2O2. The summed E-state index contributed by atoms with van der Waals surface area (Å²) in [6, 6.07) is 9.11. The minimum Gasteiger partial charge on any atom is -0.497 e. The van der Waals surface area contributed by atoms with E-state index in [-0.39, 0.29) is 0 Å². The molecule has 0 spiro atoms. The van der Waals surface area contributed by atoms with Crippen molar-refractivity contribution < 1.29 is 9.47 Å². The summed E-state index contributed by atoms with van der Waals surface area (Å²) in [6.07, 6.45) is 2.80. The number of nitrogens with one attached hydrogen (secondary N) is 1. The molecule has 1 N–H and O–H groups in total. The smallest absolute Gasteiger partial charge is 0.119 e. The Morgan fingerprint density at radius 3 is 2.57 bits per heavy atom. The summed E-state index contributed by atoms with van der Waals surface area (Å²) in [6.45, 7) is 6.30. The average molecular weight is 290 g/mol. The van der Waals surface area contributed by atoms with Crippen LogP contribution in [0.15, 0.2) is 24.3 Å². The van der Waals surface area contributed by atoms with Crippen molar-refractivity contribution in [3.8, 4) is 11.5 Å². The van der Waals surface area contributed by atoms with Gasteiger partial charge in [0.2, 0.25) is 0 Å². The van der Waals surface area contributed by atoms with Crippen molar-refractivity contribution in [1.29, 1.82) is 0 Å². The molecule has 1 saturated heterocycles. The van der Waals surface area contributed by atoms with E-state index in [0.717, 1.165) is 43.7 Å². The SMILES string of the molecule is COc1ccc(OCCN2CC(C)NCC2C2CC2)cc1. The molecule has 0 bridgehead atoms. The summed E-state index contributed by atoms with van der Waals surface area (Å²) in [5, 5.41) is 3.61. The zero-order chi connectivity index (χ0) is 14.7. The maximum Gasteiger partial charge on any atom is 0.119 e. The maximum absolute atomic E-state index is 5.87. The first-order valence-electron chi connectivity index (χ1n) is 8.00. The number of methoxy groups -OCH3 is 1. The zero-order valence-electron chi connectivity index (χ0n) is 13.0. The number of benzene rings is 1. The number of piperazine rings is 1. The first-order valence-corrected chi connectivity index (χ1v) is 8.00. The lowest BCUT2D eigenvalue weighted by Crippen LogP contribution is -2.57. The molecule has 2 unspecified atom stereocenters. The van der Waals surface area contributed by atoms with Gasteiger partial charge in [-0.15, -0.1) is 0 Å². The van der Waals surface area contributed by atoms with Crippen molar-refractivity contribution in [3.63, 3.8) is 0 Å². The van der Waals surface area contributed by atoms with Crippen LogP contribution in [0.2, 0.25) is 0 Å². The summed E-state index contributed by atoms with van der Waals surface area (Å²) < 4.78 is 11.0. The topological polar surface area (TPSA) is 33.7 Å². The van der Waals surface area contributed by atoms with Crippen LogP contribution in [-0.2, 0) is 0 Å². The van der Waals surface area contributed by atoms with Crippen molar-refractivity contribution in [1.82, 2.24) is 10.2 Å². The number of nitrogens with zero attached hydrogens (tertiary/aromatic N) is 1. The third-order valence-corrected chi connectivity index (χ3v) is 4.53. The molecule has 2 atom stereocenters. The van der Waals surface area contributed by atoms with Crippen LogP contribution in [0.25, 0.3) is 0 Å². The molecule has 3 rings (SSSR count). The third-order valence-electron chi connectivity index (χ3n) is 4.53. The van der Waals surface area contributed by atoms with E-state index in [1.807, 2.05) is 24.3 Å². The minimum atomic E-state index is 0.584. The number of ether oxygens (including phenoxy) is 2. The lowest BCUT2D eigenvalue weighted by atomic mass is 10.1. The molecule has 21 heavy (non-hydrogen) atoms. The summed E-state index contributed by atoms with van der Waals surface area (Å²) >= 11 is 0. The average Bonchev–Trinajstić information content (AvgIpc) is 3.33. The molecule has 0 aromatic heterocycles. The predicted molar refractivity (Wildman–Crippen MR) is 84.0 cm³/mol. The quantitative estimate of drug-likeness (QED) is 0.870. The van der Waals surface area contributed by atoms with Gasteiger partial charge in [-0.2, -0.15) is 0 Å². The highest BCUT2D eigenvalue weighted by Gasteiger charge is 2.37.